The molecule has 4 atom stereocenters. The van der Waals surface area contributed by atoms with Gasteiger partial charge in [-0.3, -0.25) is 4.79 Å². The van der Waals surface area contributed by atoms with E-state index in [1.165, 1.54) is 55.9 Å². The van der Waals surface area contributed by atoms with Gasteiger partial charge in [0, 0.05) is 12.3 Å². The highest BCUT2D eigenvalue weighted by molar-refractivity contribution is 5.85. The lowest BCUT2D eigenvalue weighted by Gasteiger charge is -2.24. The largest absolute Gasteiger partial charge is 0.347 e. The first-order valence-electron chi connectivity index (χ1n) is 10.4. The molecule has 2 aliphatic carbocycles. The fourth-order valence-corrected chi connectivity index (χ4v) is 5.19. The van der Waals surface area contributed by atoms with Crippen molar-refractivity contribution in [3.63, 3.8) is 0 Å². The van der Waals surface area contributed by atoms with E-state index in [1.807, 2.05) is 0 Å². The number of carbonyl (C=O) groups is 1. The van der Waals surface area contributed by atoms with Gasteiger partial charge < -0.3 is 16.0 Å². The molecule has 4 rings (SSSR count). The lowest BCUT2D eigenvalue weighted by molar-refractivity contribution is -0.124. The summed E-state index contributed by atoms with van der Waals surface area (Å²) in [5, 5.41) is 14.2. The van der Waals surface area contributed by atoms with Crippen LogP contribution in [0.15, 0.2) is 24.3 Å². The van der Waals surface area contributed by atoms with Gasteiger partial charge in [-0.1, -0.05) is 43.5 Å². The fourth-order valence-electron chi connectivity index (χ4n) is 5.19. The zero-order valence-electron chi connectivity index (χ0n) is 15.5. The van der Waals surface area contributed by atoms with Crippen molar-refractivity contribution in [1.29, 1.82) is 5.41 Å². The average Bonchev–Trinajstić information content (AvgIpc) is 3.32. The second-order valence-corrected chi connectivity index (χ2v) is 8.48. The Morgan fingerprint density at radius 2 is 1.92 bits per heavy atom. The third-order valence-electron chi connectivity index (χ3n) is 6.68. The van der Waals surface area contributed by atoms with Crippen LogP contribution in [0, 0.1) is 11.3 Å². The van der Waals surface area contributed by atoms with E-state index in [1.54, 1.807) is 0 Å². The van der Waals surface area contributed by atoms with Crippen LogP contribution in [0.1, 0.15) is 68.4 Å². The number of amides is 1. The molecule has 0 unspecified atom stereocenters. The Kier molecular flexibility index (Phi) is 5.39. The van der Waals surface area contributed by atoms with Gasteiger partial charge in [0.15, 0.2) is 0 Å². The van der Waals surface area contributed by atoms with Crippen molar-refractivity contribution < 1.29 is 4.79 Å². The Morgan fingerprint density at radius 1 is 1.15 bits per heavy atom. The number of carbonyl (C=O) groups excluding carboxylic acids is 1. The topological polar surface area (TPSA) is 65.0 Å². The Hall–Kier alpha value is -1.68. The molecule has 4 nitrogen and oxygen atoms in total. The monoisotopic (exact) mass is 353 g/mol. The van der Waals surface area contributed by atoms with Crippen molar-refractivity contribution in [2.75, 3.05) is 0 Å². The predicted octanol–water partition coefficient (Wildman–Crippen LogP) is 3.55. The Bertz CT molecular complexity index is 635. The van der Waals surface area contributed by atoms with Crippen molar-refractivity contribution in [3.05, 3.63) is 35.4 Å². The molecule has 3 N–H and O–H groups in total. The molecule has 0 aromatic heterocycles. The number of hydrogen-bond acceptors (Lipinski definition) is 3. The first-order valence-corrected chi connectivity index (χ1v) is 10.4. The molecule has 1 amide bonds. The molecule has 2 saturated carbocycles. The minimum Gasteiger partial charge on any atom is -0.347 e. The number of fused-ring (bicyclic) bond motifs is 2. The maximum atomic E-state index is 12.6. The first-order chi connectivity index (χ1) is 12.7. The fraction of sp³-hybridized carbons (Fsp3) is 0.636. The van der Waals surface area contributed by atoms with E-state index in [-0.39, 0.29) is 18.0 Å². The van der Waals surface area contributed by atoms with E-state index in [2.05, 4.69) is 34.9 Å². The van der Waals surface area contributed by atoms with Gasteiger partial charge in [0.05, 0.1) is 12.1 Å². The van der Waals surface area contributed by atoms with Crippen LogP contribution in [-0.2, 0) is 11.2 Å². The van der Waals surface area contributed by atoms with Crippen LogP contribution < -0.4 is 10.6 Å². The van der Waals surface area contributed by atoms with Crippen molar-refractivity contribution in [2.45, 2.75) is 81.8 Å². The van der Waals surface area contributed by atoms with Crippen LogP contribution >= 0.6 is 0 Å². The molecule has 1 aromatic carbocycles. The Morgan fingerprint density at radius 3 is 2.54 bits per heavy atom. The summed E-state index contributed by atoms with van der Waals surface area (Å²) in [6.45, 7) is 0. The van der Waals surface area contributed by atoms with Crippen molar-refractivity contribution in [2.24, 2.45) is 5.92 Å². The summed E-state index contributed by atoms with van der Waals surface area (Å²) in [6.07, 6.45) is 12.3. The second-order valence-electron chi connectivity index (χ2n) is 8.48. The summed E-state index contributed by atoms with van der Waals surface area (Å²) in [5.41, 5.74) is 2.65. The van der Waals surface area contributed by atoms with Gasteiger partial charge in [-0.15, -0.1) is 0 Å². The molecule has 140 valence electrons. The molecule has 2 bridgehead atoms. The van der Waals surface area contributed by atoms with Gasteiger partial charge >= 0.3 is 0 Å². The summed E-state index contributed by atoms with van der Waals surface area (Å²) in [6, 6.07) is 9.14. The van der Waals surface area contributed by atoms with Crippen LogP contribution in [0.25, 0.3) is 0 Å². The lowest BCUT2D eigenvalue weighted by atomic mass is 9.84. The van der Waals surface area contributed by atoms with Crippen LogP contribution in [0.5, 0.6) is 0 Å². The molecular formula is C22H31N3O. The summed E-state index contributed by atoms with van der Waals surface area (Å²) in [5.74, 6) is 1.28. The summed E-state index contributed by atoms with van der Waals surface area (Å²) >= 11 is 0. The van der Waals surface area contributed by atoms with Gasteiger partial charge in [-0.25, -0.2) is 0 Å². The third-order valence-corrected chi connectivity index (χ3v) is 6.68. The van der Waals surface area contributed by atoms with E-state index in [0.717, 1.165) is 18.8 Å². The minimum absolute atomic E-state index is 0.0510. The molecule has 0 radical (unpaired) electrons. The predicted molar refractivity (Wildman–Crippen MR) is 105 cm³/mol. The maximum absolute atomic E-state index is 12.6. The number of benzene rings is 1. The van der Waals surface area contributed by atoms with Crippen molar-refractivity contribution in [1.82, 2.24) is 10.6 Å². The number of rotatable bonds is 6. The molecular weight excluding hydrogens is 322 g/mol. The standard InChI is InChI=1S/C22H31N3O/c23-14-20(25-22(26)21-18-10-11-19(13-18)24-21)12-15-6-8-17(9-7-15)16-4-2-1-3-5-16/h6-9,14,16,18-21,23-24H,1-5,10-13H2,(H,25,26)/t18-,19+,20-,21-/m0/s1. The smallest absolute Gasteiger partial charge is 0.237 e. The Labute approximate surface area is 156 Å². The van der Waals surface area contributed by atoms with Gasteiger partial charge in [0.1, 0.15) is 0 Å². The lowest BCUT2D eigenvalue weighted by Crippen LogP contribution is -2.51. The summed E-state index contributed by atoms with van der Waals surface area (Å²) < 4.78 is 0. The Balaban J connectivity index is 1.32. The summed E-state index contributed by atoms with van der Waals surface area (Å²) in [4.78, 5) is 12.6. The maximum Gasteiger partial charge on any atom is 0.237 e. The van der Waals surface area contributed by atoms with E-state index in [4.69, 9.17) is 5.41 Å². The van der Waals surface area contributed by atoms with Gasteiger partial charge in [0.2, 0.25) is 5.91 Å². The highest BCUT2D eigenvalue weighted by atomic mass is 16.2. The van der Waals surface area contributed by atoms with E-state index < -0.39 is 0 Å². The first kappa shape index (κ1) is 17.7. The highest BCUT2D eigenvalue weighted by Crippen LogP contribution is 2.35. The van der Waals surface area contributed by atoms with Gasteiger partial charge in [-0.2, -0.15) is 0 Å². The molecule has 3 aliphatic rings. The van der Waals surface area contributed by atoms with Crippen LogP contribution in [0.3, 0.4) is 0 Å². The second kappa shape index (κ2) is 7.91. The third kappa shape index (κ3) is 3.85. The number of hydrogen-bond donors (Lipinski definition) is 3. The normalized spacial score (nSPS) is 29.5. The molecule has 1 saturated heterocycles. The van der Waals surface area contributed by atoms with Gasteiger partial charge in [-0.05, 0) is 61.5 Å². The van der Waals surface area contributed by atoms with Crippen LogP contribution in [0.4, 0.5) is 0 Å². The van der Waals surface area contributed by atoms with E-state index in [0.29, 0.717) is 18.4 Å². The minimum atomic E-state index is -0.219. The summed E-state index contributed by atoms with van der Waals surface area (Å²) in [7, 11) is 0. The average molecular weight is 354 g/mol. The number of piperidine rings is 1. The molecule has 1 aliphatic heterocycles. The highest BCUT2D eigenvalue weighted by Gasteiger charge is 2.42. The molecule has 1 heterocycles. The molecule has 3 fully saturated rings. The molecule has 1 aromatic rings. The van der Waals surface area contributed by atoms with Crippen LogP contribution in [0.2, 0.25) is 0 Å². The quantitative estimate of drug-likeness (QED) is 0.685. The number of nitrogens with one attached hydrogen (secondary N) is 3. The SMILES string of the molecule is N=C[C@H](Cc1ccc(C2CCCCC2)cc1)NC(=O)[C@H]1N[C@@H]2CC[C@H]1C2. The zero-order chi connectivity index (χ0) is 17.9. The van der Waals surface area contributed by atoms with Crippen LogP contribution in [-0.4, -0.2) is 30.2 Å². The van der Waals surface area contributed by atoms with Crippen molar-refractivity contribution in [3.8, 4) is 0 Å². The van der Waals surface area contributed by atoms with E-state index in [9.17, 15) is 4.79 Å². The van der Waals surface area contributed by atoms with Gasteiger partial charge in [0.25, 0.3) is 0 Å². The molecule has 26 heavy (non-hydrogen) atoms. The molecule has 0 spiro atoms. The zero-order valence-corrected chi connectivity index (χ0v) is 15.5. The molecule has 4 heteroatoms. The van der Waals surface area contributed by atoms with Crippen molar-refractivity contribution >= 4 is 12.1 Å². The van der Waals surface area contributed by atoms with E-state index >= 15 is 0 Å².